The molecule has 3 rings (SSSR count). The van der Waals surface area contributed by atoms with Crippen molar-refractivity contribution in [3.05, 3.63) is 11.1 Å². The van der Waals surface area contributed by atoms with Gasteiger partial charge in [-0.2, -0.15) is 0 Å². The number of halogens is 1. The van der Waals surface area contributed by atoms with E-state index in [0.717, 1.165) is 24.2 Å². The van der Waals surface area contributed by atoms with Gasteiger partial charge in [-0.25, -0.2) is 0 Å². The van der Waals surface area contributed by atoms with E-state index in [0.29, 0.717) is 11.2 Å². The lowest BCUT2D eigenvalue weighted by Gasteiger charge is -2.13. The third kappa shape index (κ3) is 1.97. The summed E-state index contributed by atoms with van der Waals surface area (Å²) in [6.07, 6.45) is 6.55. The first-order valence-electron chi connectivity index (χ1n) is 6.32. The fourth-order valence-electron chi connectivity index (χ4n) is 2.86. The van der Waals surface area contributed by atoms with Crippen LogP contribution in [0.25, 0.3) is 0 Å². The summed E-state index contributed by atoms with van der Waals surface area (Å²) in [4.78, 5) is 0. The van der Waals surface area contributed by atoms with Crippen LogP contribution < -0.4 is 0 Å². The van der Waals surface area contributed by atoms with Crippen LogP contribution in [0.5, 0.6) is 0 Å². The van der Waals surface area contributed by atoms with Gasteiger partial charge in [0, 0.05) is 12.5 Å². The third-order valence-electron chi connectivity index (χ3n) is 3.92. The molecule has 1 heterocycles. The minimum atomic E-state index is 0.585. The Bertz CT molecular complexity index is 384. The number of rotatable bonds is 3. The molecule has 0 bridgehead atoms. The highest BCUT2D eigenvalue weighted by Gasteiger charge is 2.31. The van der Waals surface area contributed by atoms with Gasteiger partial charge >= 0.3 is 0 Å². The van der Waals surface area contributed by atoms with E-state index in [1.807, 2.05) is 0 Å². The highest BCUT2D eigenvalue weighted by atomic mass is 35.5. The van der Waals surface area contributed by atoms with Gasteiger partial charge < -0.3 is 4.57 Å². The second-order valence-corrected chi connectivity index (χ2v) is 5.83. The van der Waals surface area contributed by atoms with Crippen molar-refractivity contribution < 1.29 is 0 Å². The zero-order chi connectivity index (χ0) is 11.1. The van der Waals surface area contributed by atoms with Gasteiger partial charge in [0.2, 0.25) is 5.28 Å². The van der Waals surface area contributed by atoms with E-state index in [2.05, 4.69) is 21.7 Å². The van der Waals surface area contributed by atoms with E-state index in [-0.39, 0.29) is 0 Å². The van der Waals surface area contributed by atoms with Crippen LogP contribution in [0.4, 0.5) is 0 Å². The molecule has 2 atom stereocenters. The van der Waals surface area contributed by atoms with Gasteiger partial charge in [-0.05, 0) is 49.1 Å². The molecule has 2 unspecified atom stereocenters. The molecular formula is C12H18ClN3. The maximum absolute atomic E-state index is 6.12. The number of hydrogen-bond acceptors (Lipinski definition) is 2. The molecule has 16 heavy (non-hydrogen) atoms. The van der Waals surface area contributed by atoms with Gasteiger partial charge in [-0.3, -0.25) is 0 Å². The molecule has 0 aliphatic heterocycles. The van der Waals surface area contributed by atoms with Crippen LogP contribution in [0, 0.1) is 11.8 Å². The maximum atomic E-state index is 6.12. The second-order valence-electron chi connectivity index (χ2n) is 5.50. The maximum Gasteiger partial charge on any atom is 0.225 e. The lowest BCUT2D eigenvalue weighted by Crippen LogP contribution is -2.11. The van der Waals surface area contributed by atoms with Crippen LogP contribution in [0.15, 0.2) is 0 Å². The fourth-order valence-corrected chi connectivity index (χ4v) is 3.05. The zero-order valence-electron chi connectivity index (χ0n) is 9.69. The number of nitrogens with zero attached hydrogens (tertiary/aromatic N) is 3. The summed E-state index contributed by atoms with van der Waals surface area (Å²) in [7, 11) is 0. The Morgan fingerprint density at radius 1 is 1.25 bits per heavy atom. The van der Waals surface area contributed by atoms with Gasteiger partial charge in [0.05, 0.1) is 0 Å². The van der Waals surface area contributed by atoms with E-state index in [9.17, 15) is 0 Å². The van der Waals surface area contributed by atoms with Gasteiger partial charge in [-0.1, -0.05) is 13.3 Å². The summed E-state index contributed by atoms with van der Waals surface area (Å²) in [6.45, 7) is 3.37. The summed E-state index contributed by atoms with van der Waals surface area (Å²) in [5, 5.41) is 8.82. The smallest absolute Gasteiger partial charge is 0.225 e. The normalized spacial score (nSPS) is 29.9. The Morgan fingerprint density at radius 3 is 2.69 bits per heavy atom. The number of aromatic nitrogens is 3. The van der Waals surface area contributed by atoms with Crippen molar-refractivity contribution in [2.75, 3.05) is 0 Å². The van der Waals surface area contributed by atoms with Crippen molar-refractivity contribution in [1.29, 1.82) is 0 Å². The molecule has 88 valence electrons. The van der Waals surface area contributed by atoms with Gasteiger partial charge in [0.1, 0.15) is 5.82 Å². The fraction of sp³-hybridized carbons (Fsp3) is 0.833. The SMILES string of the molecule is CC1CCC(Cn2c(Cl)nnc2C2CC2)C1. The predicted octanol–water partition coefficient (Wildman–Crippen LogP) is 3.25. The van der Waals surface area contributed by atoms with Crippen LogP contribution in [-0.2, 0) is 6.54 Å². The van der Waals surface area contributed by atoms with E-state index in [1.165, 1.54) is 32.1 Å². The van der Waals surface area contributed by atoms with Crippen LogP contribution in [0.2, 0.25) is 5.28 Å². The highest BCUT2D eigenvalue weighted by Crippen LogP contribution is 2.40. The summed E-state index contributed by atoms with van der Waals surface area (Å²) in [5.74, 6) is 3.43. The largest absolute Gasteiger partial charge is 0.301 e. The monoisotopic (exact) mass is 239 g/mol. The van der Waals surface area contributed by atoms with Crippen LogP contribution in [0.1, 0.15) is 50.8 Å². The summed E-state index contributed by atoms with van der Waals surface area (Å²) < 4.78 is 2.15. The zero-order valence-corrected chi connectivity index (χ0v) is 10.5. The Balaban J connectivity index is 1.75. The van der Waals surface area contributed by atoms with Crippen LogP contribution in [0.3, 0.4) is 0 Å². The van der Waals surface area contributed by atoms with Gasteiger partial charge in [-0.15, -0.1) is 10.2 Å². The van der Waals surface area contributed by atoms with Crippen molar-refractivity contribution in [1.82, 2.24) is 14.8 Å². The molecule has 0 radical (unpaired) electrons. The molecule has 0 spiro atoms. The van der Waals surface area contributed by atoms with Crippen LogP contribution >= 0.6 is 11.6 Å². The Morgan fingerprint density at radius 2 is 2.06 bits per heavy atom. The molecule has 1 aromatic heterocycles. The molecule has 2 fully saturated rings. The number of hydrogen-bond donors (Lipinski definition) is 0. The van der Waals surface area contributed by atoms with E-state index in [1.54, 1.807) is 0 Å². The topological polar surface area (TPSA) is 30.7 Å². The highest BCUT2D eigenvalue weighted by molar-refractivity contribution is 6.28. The molecule has 0 amide bonds. The summed E-state index contributed by atoms with van der Waals surface area (Å²) >= 11 is 6.12. The van der Waals surface area contributed by atoms with Crippen molar-refractivity contribution in [3.8, 4) is 0 Å². The second kappa shape index (κ2) is 4.02. The molecule has 0 aromatic carbocycles. The molecule has 2 saturated carbocycles. The molecule has 0 N–H and O–H groups in total. The molecule has 3 nitrogen and oxygen atoms in total. The first kappa shape index (κ1) is 10.6. The average Bonchev–Trinajstić information content (AvgIpc) is 2.93. The average molecular weight is 240 g/mol. The minimum Gasteiger partial charge on any atom is -0.301 e. The minimum absolute atomic E-state index is 0.585. The Labute approximate surface area is 101 Å². The Kier molecular flexibility index (Phi) is 2.66. The lowest BCUT2D eigenvalue weighted by atomic mass is 10.1. The molecular weight excluding hydrogens is 222 g/mol. The first-order chi connectivity index (χ1) is 7.74. The lowest BCUT2D eigenvalue weighted by molar-refractivity contribution is 0.432. The van der Waals surface area contributed by atoms with E-state index in [4.69, 9.17) is 11.6 Å². The van der Waals surface area contributed by atoms with Gasteiger partial charge in [0.15, 0.2) is 0 Å². The first-order valence-corrected chi connectivity index (χ1v) is 6.70. The molecule has 0 saturated heterocycles. The quantitative estimate of drug-likeness (QED) is 0.811. The standard InChI is InChI=1S/C12H18ClN3/c1-8-2-3-9(6-8)7-16-11(10-4-5-10)14-15-12(16)13/h8-10H,2-7H2,1H3. The molecule has 1 aromatic rings. The van der Waals surface area contributed by atoms with Crippen LogP contribution in [-0.4, -0.2) is 14.8 Å². The van der Waals surface area contributed by atoms with Crippen molar-refractivity contribution in [2.45, 2.75) is 51.5 Å². The van der Waals surface area contributed by atoms with E-state index < -0.39 is 0 Å². The van der Waals surface area contributed by atoms with Crippen molar-refractivity contribution in [2.24, 2.45) is 11.8 Å². The summed E-state index contributed by atoms with van der Waals surface area (Å²) in [5.41, 5.74) is 0. The summed E-state index contributed by atoms with van der Waals surface area (Å²) in [6, 6.07) is 0. The molecule has 2 aliphatic rings. The molecule has 2 aliphatic carbocycles. The van der Waals surface area contributed by atoms with Crippen molar-refractivity contribution in [3.63, 3.8) is 0 Å². The third-order valence-corrected chi connectivity index (χ3v) is 4.20. The van der Waals surface area contributed by atoms with Gasteiger partial charge in [0.25, 0.3) is 0 Å². The van der Waals surface area contributed by atoms with Crippen molar-refractivity contribution >= 4 is 11.6 Å². The predicted molar refractivity (Wildman–Crippen MR) is 63.5 cm³/mol. The Hall–Kier alpha value is -0.570. The molecule has 4 heteroatoms. The van der Waals surface area contributed by atoms with E-state index >= 15 is 0 Å².